The molecule has 56 valence electrons. The normalized spacial score (nSPS) is 25.5. The Kier molecular flexibility index (Phi) is 2.92. The number of nitrogens with zero attached hydrogens (tertiary/aromatic N) is 1. The number of aliphatic hydroxyl groups is 1. The lowest BCUT2D eigenvalue weighted by Crippen LogP contribution is -2.27. The number of β-amino-alcohol motifs (C(OH)–C–C–N with tert-alkyl or cyclic N) is 1. The van der Waals surface area contributed by atoms with E-state index < -0.39 is 0 Å². The molecule has 0 radical (unpaired) electrons. The molecule has 1 aliphatic rings. The van der Waals surface area contributed by atoms with E-state index in [1.807, 2.05) is 15.8 Å². The van der Waals surface area contributed by atoms with Crippen molar-refractivity contribution in [3.8, 4) is 0 Å². The van der Waals surface area contributed by atoms with Gasteiger partial charge in [0.25, 0.3) is 0 Å². The third-order valence-electron chi connectivity index (χ3n) is 1.26. The molecule has 0 aromatic rings. The van der Waals surface area contributed by atoms with Gasteiger partial charge in [0.15, 0.2) is 0 Å². The summed E-state index contributed by atoms with van der Waals surface area (Å²) in [6.07, 6.45) is 2.68. The molecule has 3 nitrogen and oxygen atoms in total. The van der Waals surface area contributed by atoms with Gasteiger partial charge in [-0.1, -0.05) is 6.08 Å². The second-order valence-corrected chi connectivity index (χ2v) is 2.88. The third-order valence-corrected chi connectivity index (χ3v) is 2.24. The first-order chi connectivity index (χ1) is 4.88. The van der Waals surface area contributed by atoms with Crippen LogP contribution in [0.15, 0.2) is 11.5 Å². The number of rotatable bonds is 3. The van der Waals surface area contributed by atoms with Crippen molar-refractivity contribution in [2.75, 3.05) is 13.2 Å². The van der Waals surface area contributed by atoms with E-state index in [0.717, 1.165) is 6.29 Å². The van der Waals surface area contributed by atoms with E-state index in [2.05, 4.69) is 0 Å². The molecule has 0 aliphatic carbocycles. The molecular weight excluding hydrogens is 150 g/mol. The average Bonchev–Trinajstić information content (AvgIpc) is 2.36. The van der Waals surface area contributed by atoms with Gasteiger partial charge in [0.1, 0.15) is 6.29 Å². The molecular formula is C6H9NO2S. The maximum Gasteiger partial charge on any atom is 0.141 e. The molecule has 1 rings (SSSR count). The summed E-state index contributed by atoms with van der Waals surface area (Å²) in [5, 5.41) is 10.4. The molecule has 0 fully saturated rings. The Morgan fingerprint density at radius 2 is 2.60 bits per heavy atom. The maximum absolute atomic E-state index is 10.3. The number of hydrogen-bond donors (Lipinski definition) is 1. The Morgan fingerprint density at radius 3 is 3.20 bits per heavy atom. The van der Waals surface area contributed by atoms with Crippen LogP contribution in [-0.4, -0.2) is 34.9 Å². The summed E-state index contributed by atoms with van der Waals surface area (Å²) in [4.78, 5) is 10.3. The fourth-order valence-corrected chi connectivity index (χ4v) is 1.61. The molecule has 0 aromatic carbocycles. The molecule has 0 aromatic heterocycles. The molecule has 0 spiro atoms. The topological polar surface area (TPSA) is 40.5 Å². The van der Waals surface area contributed by atoms with E-state index in [1.165, 1.54) is 11.9 Å². The van der Waals surface area contributed by atoms with E-state index in [4.69, 9.17) is 5.11 Å². The van der Waals surface area contributed by atoms with Crippen LogP contribution < -0.4 is 0 Å². The largest absolute Gasteiger partial charge is 0.395 e. The van der Waals surface area contributed by atoms with Gasteiger partial charge in [0.05, 0.1) is 12.6 Å². The predicted molar refractivity (Wildman–Crippen MR) is 40.4 cm³/mol. The van der Waals surface area contributed by atoms with Crippen molar-refractivity contribution >= 4 is 18.2 Å². The van der Waals surface area contributed by atoms with E-state index >= 15 is 0 Å². The lowest BCUT2D eigenvalue weighted by atomic mass is 10.3. The van der Waals surface area contributed by atoms with Crippen LogP contribution in [0, 0.1) is 0 Å². The first kappa shape index (κ1) is 7.78. The number of aliphatic hydroxyl groups excluding tert-OH is 1. The van der Waals surface area contributed by atoms with Gasteiger partial charge in [-0.05, 0) is 17.4 Å². The molecule has 1 atom stereocenters. The number of carbonyl (C=O) groups excluding carboxylic acids is 1. The summed E-state index contributed by atoms with van der Waals surface area (Å²) in [7, 11) is 0. The number of carbonyl (C=O) groups is 1. The molecule has 1 heterocycles. The Hall–Kier alpha value is -0.320. The first-order valence-electron chi connectivity index (χ1n) is 3.04. The zero-order chi connectivity index (χ0) is 7.40. The monoisotopic (exact) mass is 159 g/mol. The van der Waals surface area contributed by atoms with E-state index in [9.17, 15) is 4.79 Å². The van der Waals surface area contributed by atoms with Crippen LogP contribution in [-0.2, 0) is 4.79 Å². The summed E-state index contributed by atoms with van der Waals surface area (Å²) in [5.41, 5.74) is 0. The summed E-state index contributed by atoms with van der Waals surface area (Å²) >= 11 is 1.46. The highest BCUT2D eigenvalue weighted by atomic mass is 32.2. The zero-order valence-electron chi connectivity index (χ0n) is 5.43. The molecule has 4 heteroatoms. The van der Waals surface area contributed by atoms with Crippen molar-refractivity contribution in [1.29, 1.82) is 0 Å². The summed E-state index contributed by atoms with van der Waals surface area (Å²) in [5.74, 6) is 0. The molecule has 0 saturated carbocycles. The molecule has 0 amide bonds. The minimum atomic E-state index is -0.142. The molecule has 10 heavy (non-hydrogen) atoms. The molecule has 1 aliphatic heterocycles. The van der Waals surface area contributed by atoms with Crippen LogP contribution in [0.3, 0.4) is 0 Å². The number of aldehydes is 1. The average molecular weight is 159 g/mol. The molecule has 0 saturated heterocycles. The van der Waals surface area contributed by atoms with Crippen LogP contribution in [0.1, 0.15) is 0 Å². The Balaban J connectivity index is 2.39. The quantitative estimate of drug-likeness (QED) is 0.465. The Bertz CT molecular complexity index is 149. The van der Waals surface area contributed by atoms with Crippen LogP contribution in [0.25, 0.3) is 0 Å². The van der Waals surface area contributed by atoms with E-state index in [1.54, 1.807) is 0 Å². The van der Waals surface area contributed by atoms with Gasteiger partial charge in [-0.25, -0.2) is 4.31 Å². The first-order valence-corrected chi connectivity index (χ1v) is 3.88. The van der Waals surface area contributed by atoms with E-state index in [0.29, 0.717) is 6.54 Å². The van der Waals surface area contributed by atoms with Crippen molar-refractivity contribution in [3.63, 3.8) is 0 Å². The van der Waals surface area contributed by atoms with Gasteiger partial charge in [-0.2, -0.15) is 0 Å². The minimum absolute atomic E-state index is 0.0962. The number of hydrogen-bond acceptors (Lipinski definition) is 4. The highest BCUT2D eigenvalue weighted by Crippen LogP contribution is 2.21. The van der Waals surface area contributed by atoms with Crippen molar-refractivity contribution in [1.82, 2.24) is 4.31 Å². The van der Waals surface area contributed by atoms with Gasteiger partial charge in [-0.3, -0.25) is 0 Å². The van der Waals surface area contributed by atoms with Gasteiger partial charge in [0.2, 0.25) is 0 Å². The van der Waals surface area contributed by atoms with Gasteiger partial charge >= 0.3 is 0 Å². The fourth-order valence-electron chi connectivity index (χ4n) is 0.774. The van der Waals surface area contributed by atoms with Gasteiger partial charge < -0.3 is 9.90 Å². The second kappa shape index (κ2) is 3.75. The van der Waals surface area contributed by atoms with E-state index in [-0.39, 0.29) is 12.6 Å². The molecule has 0 bridgehead atoms. The van der Waals surface area contributed by atoms with Crippen LogP contribution in [0.2, 0.25) is 0 Å². The second-order valence-electron chi connectivity index (χ2n) is 1.92. The lowest BCUT2D eigenvalue weighted by Gasteiger charge is -2.15. The highest BCUT2D eigenvalue weighted by molar-refractivity contribution is 8.00. The summed E-state index contributed by atoms with van der Waals surface area (Å²) < 4.78 is 1.83. The van der Waals surface area contributed by atoms with Crippen molar-refractivity contribution in [3.05, 3.63) is 11.5 Å². The standard InChI is InChI=1S/C6H9NO2S/c8-3-2-7-6(5-9)1-4-10-7/h1,4-6,8H,2-3H2. The van der Waals surface area contributed by atoms with Gasteiger partial charge in [0, 0.05) is 6.54 Å². The Morgan fingerprint density at radius 1 is 1.80 bits per heavy atom. The lowest BCUT2D eigenvalue weighted by molar-refractivity contribution is -0.109. The SMILES string of the molecule is O=CC1C=CSN1CCO. The minimum Gasteiger partial charge on any atom is -0.395 e. The molecule has 1 N–H and O–H groups in total. The fraction of sp³-hybridized carbons (Fsp3) is 0.500. The zero-order valence-corrected chi connectivity index (χ0v) is 6.25. The highest BCUT2D eigenvalue weighted by Gasteiger charge is 2.18. The van der Waals surface area contributed by atoms with Crippen LogP contribution >= 0.6 is 11.9 Å². The van der Waals surface area contributed by atoms with Crippen molar-refractivity contribution < 1.29 is 9.90 Å². The maximum atomic E-state index is 10.3. The van der Waals surface area contributed by atoms with Crippen LogP contribution in [0.4, 0.5) is 0 Å². The summed E-state index contributed by atoms with van der Waals surface area (Å²) in [6, 6.07) is -0.142. The summed E-state index contributed by atoms with van der Waals surface area (Å²) in [6.45, 7) is 0.639. The van der Waals surface area contributed by atoms with Crippen molar-refractivity contribution in [2.24, 2.45) is 0 Å². The smallest absolute Gasteiger partial charge is 0.141 e. The predicted octanol–water partition coefficient (Wildman–Crippen LogP) is 0.0237. The third kappa shape index (κ3) is 1.59. The van der Waals surface area contributed by atoms with Gasteiger partial charge in [-0.15, -0.1) is 0 Å². The van der Waals surface area contributed by atoms with Crippen LogP contribution in [0.5, 0.6) is 0 Å². The van der Waals surface area contributed by atoms with Crippen molar-refractivity contribution in [2.45, 2.75) is 6.04 Å². The molecule has 1 unspecified atom stereocenters. The Labute approximate surface area is 63.8 Å².